The van der Waals surface area contributed by atoms with E-state index >= 15 is 0 Å². The van der Waals surface area contributed by atoms with Gasteiger partial charge >= 0.3 is 0 Å². The molecule has 1 atom stereocenters. The maximum atomic E-state index is 12.9. The summed E-state index contributed by atoms with van der Waals surface area (Å²) < 4.78 is 2.18. The molecule has 2 aliphatic rings. The molecule has 0 radical (unpaired) electrons. The minimum atomic E-state index is -0.416. The van der Waals surface area contributed by atoms with E-state index in [0.29, 0.717) is 11.1 Å². The standard InChI is InChI=1S/C28H27N5OS/c1-5-17(2)20-11-13-23(14-12-20)32-18(3)15-22(19(32)4)16-24-25(29)33-28(30-26(24)34)35-27(31-33)21-9-7-6-8-10-21/h6-17,29H,5H2,1-4H3/b24-16+,29-25?/t17-/m0/s1. The number of hydrogen-bond donors (Lipinski definition) is 1. The Morgan fingerprint density at radius 1 is 1.09 bits per heavy atom. The molecule has 0 aliphatic carbocycles. The number of benzene rings is 2. The van der Waals surface area contributed by atoms with Crippen LogP contribution >= 0.6 is 11.8 Å². The number of hydrazone groups is 1. The molecule has 35 heavy (non-hydrogen) atoms. The van der Waals surface area contributed by atoms with E-state index in [9.17, 15) is 4.79 Å². The highest BCUT2D eigenvalue weighted by atomic mass is 32.2. The zero-order valence-corrected chi connectivity index (χ0v) is 21.1. The number of carbonyl (C=O) groups is 1. The summed E-state index contributed by atoms with van der Waals surface area (Å²) in [6.45, 7) is 8.52. The average Bonchev–Trinajstić information content (AvgIpc) is 3.42. The van der Waals surface area contributed by atoms with Crippen LogP contribution in [0.25, 0.3) is 11.8 Å². The molecule has 0 bridgehead atoms. The molecule has 5 rings (SSSR count). The number of amides is 1. The first-order valence-corrected chi connectivity index (χ1v) is 12.5. The van der Waals surface area contributed by atoms with E-state index in [1.807, 2.05) is 43.3 Å². The molecule has 0 fully saturated rings. The fourth-order valence-electron chi connectivity index (χ4n) is 4.36. The quantitative estimate of drug-likeness (QED) is 0.436. The van der Waals surface area contributed by atoms with E-state index in [0.717, 1.165) is 39.7 Å². The van der Waals surface area contributed by atoms with Gasteiger partial charge in [0.2, 0.25) is 5.17 Å². The summed E-state index contributed by atoms with van der Waals surface area (Å²) in [4.78, 5) is 17.1. The van der Waals surface area contributed by atoms with E-state index in [-0.39, 0.29) is 11.4 Å². The van der Waals surface area contributed by atoms with Gasteiger partial charge < -0.3 is 4.57 Å². The van der Waals surface area contributed by atoms with E-state index in [1.165, 1.54) is 22.3 Å². The summed E-state index contributed by atoms with van der Waals surface area (Å²) in [5, 5.41) is 15.9. The number of carbonyl (C=O) groups excluding carboxylic acids is 1. The van der Waals surface area contributed by atoms with Gasteiger partial charge in [0.15, 0.2) is 5.84 Å². The molecular formula is C28H27N5OS. The number of fused-ring (bicyclic) bond motifs is 1. The van der Waals surface area contributed by atoms with Gasteiger partial charge in [-0.15, -0.1) is 0 Å². The Morgan fingerprint density at radius 2 is 1.80 bits per heavy atom. The summed E-state index contributed by atoms with van der Waals surface area (Å²) in [5.74, 6) is 0.154. The van der Waals surface area contributed by atoms with Crippen LogP contribution in [0.2, 0.25) is 0 Å². The van der Waals surface area contributed by atoms with Crippen molar-refractivity contribution in [2.75, 3.05) is 0 Å². The summed E-state index contributed by atoms with van der Waals surface area (Å²) >= 11 is 1.31. The number of aryl methyl sites for hydroxylation is 1. The number of rotatable bonds is 5. The Labute approximate surface area is 209 Å². The van der Waals surface area contributed by atoms with Gasteiger partial charge in [-0.2, -0.15) is 15.1 Å². The number of nitrogens with one attached hydrogen (secondary N) is 1. The summed E-state index contributed by atoms with van der Waals surface area (Å²) in [6, 6.07) is 20.4. The lowest BCUT2D eigenvalue weighted by Gasteiger charge is -2.20. The van der Waals surface area contributed by atoms with E-state index in [1.54, 1.807) is 6.08 Å². The van der Waals surface area contributed by atoms with Crippen LogP contribution in [-0.2, 0) is 4.79 Å². The number of aromatic nitrogens is 1. The molecule has 176 valence electrons. The third-order valence-corrected chi connectivity index (χ3v) is 7.54. The summed E-state index contributed by atoms with van der Waals surface area (Å²) in [5.41, 5.74) is 6.53. The second-order valence-corrected chi connectivity index (χ2v) is 9.81. The first-order valence-electron chi connectivity index (χ1n) is 11.7. The number of aliphatic imine (C=N–C) groups is 1. The maximum Gasteiger partial charge on any atom is 0.283 e. The monoisotopic (exact) mass is 481 g/mol. The van der Waals surface area contributed by atoms with Crippen molar-refractivity contribution in [2.24, 2.45) is 10.1 Å². The molecular weight excluding hydrogens is 454 g/mol. The van der Waals surface area contributed by atoms with Gasteiger partial charge in [-0.1, -0.05) is 56.3 Å². The maximum absolute atomic E-state index is 12.9. The molecule has 0 saturated heterocycles. The second-order valence-electron chi connectivity index (χ2n) is 8.85. The Hall–Kier alpha value is -3.71. The van der Waals surface area contributed by atoms with Crippen molar-refractivity contribution in [3.05, 3.63) is 94.3 Å². The molecule has 0 saturated carbocycles. The third kappa shape index (κ3) is 4.17. The SMILES string of the molecule is CC[C@H](C)c1ccc(-n2c(C)cc(/C=C3\C(=N)N4N=C(c5ccccc5)SC4=NC3=O)c2C)cc1. The van der Waals surface area contributed by atoms with Crippen LogP contribution in [0, 0.1) is 19.3 Å². The van der Waals surface area contributed by atoms with Gasteiger partial charge in [-0.05, 0) is 73.4 Å². The lowest BCUT2D eigenvalue weighted by molar-refractivity contribution is -0.114. The molecule has 0 unspecified atom stereocenters. The fraction of sp³-hybridized carbons (Fsp3) is 0.214. The Balaban J connectivity index is 1.47. The van der Waals surface area contributed by atoms with Gasteiger partial charge in [0.1, 0.15) is 5.04 Å². The van der Waals surface area contributed by atoms with E-state index < -0.39 is 5.91 Å². The van der Waals surface area contributed by atoms with Gasteiger partial charge in [0, 0.05) is 22.6 Å². The zero-order chi connectivity index (χ0) is 24.7. The third-order valence-electron chi connectivity index (χ3n) is 6.58. The van der Waals surface area contributed by atoms with Crippen molar-refractivity contribution in [3.8, 4) is 5.69 Å². The summed E-state index contributed by atoms with van der Waals surface area (Å²) in [7, 11) is 0. The van der Waals surface area contributed by atoms with Gasteiger partial charge in [-0.25, -0.2) is 0 Å². The van der Waals surface area contributed by atoms with Crippen molar-refractivity contribution < 1.29 is 4.79 Å². The number of amidine groups is 2. The molecule has 2 aliphatic heterocycles. The minimum absolute atomic E-state index is 0.0427. The smallest absolute Gasteiger partial charge is 0.283 e. The fourth-order valence-corrected chi connectivity index (χ4v) is 5.26. The van der Waals surface area contributed by atoms with E-state index in [2.05, 4.69) is 59.7 Å². The van der Waals surface area contributed by atoms with Crippen LogP contribution in [0.15, 0.2) is 76.3 Å². The zero-order valence-electron chi connectivity index (χ0n) is 20.2. The summed E-state index contributed by atoms with van der Waals surface area (Å²) in [6.07, 6.45) is 2.87. The Kier molecular flexibility index (Phi) is 6.03. The van der Waals surface area contributed by atoms with Crippen LogP contribution in [-0.4, -0.2) is 31.5 Å². The van der Waals surface area contributed by atoms with Gasteiger partial charge in [0.25, 0.3) is 5.91 Å². The van der Waals surface area contributed by atoms with Crippen molar-refractivity contribution in [1.29, 1.82) is 5.41 Å². The second kappa shape index (κ2) is 9.15. The van der Waals surface area contributed by atoms with Crippen molar-refractivity contribution in [2.45, 2.75) is 40.0 Å². The van der Waals surface area contributed by atoms with Crippen LogP contribution < -0.4 is 0 Å². The van der Waals surface area contributed by atoms with Crippen LogP contribution in [0.3, 0.4) is 0 Å². The number of thioether (sulfide) groups is 1. The molecule has 3 heterocycles. The van der Waals surface area contributed by atoms with Crippen molar-refractivity contribution in [3.63, 3.8) is 0 Å². The van der Waals surface area contributed by atoms with Gasteiger partial charge in [0.05, 0.1) is 5.57 Å². The predicted molar refractivity (Wildman–Crippen MR) is 145 cm³/mol. The molecule has 1 N–H and O–H groups in total. The largest absolute Gasteiger partial charge is 0.318 e. The Morgan fingerprint density at radius 3 is 2.49 bits per heavy atom. The predicted octanol–water partition coefficient (Wildman–Crippen LogP) is 6.28. The molecule has 3 aromatic rings. The molecule has 6 nitrogen and oxygen atoms in total. The lowest BCUT2D eigenvalue weighted by atomic mass is 9.98. The van der Waals surface area contributed by atoms with E-state index in [4.69, 9.17) is 5.41 Å². The normalized spacial score (nSPS) is 17.5. The molecule has 2 aromatic carbocycles. The number of nitrogens with zero attached hydrogens (tertiary/aromatic N) is 4. The highest BCUT2D eigenvalue weighted by Crippen LogP contribution is 2.32. The first-order chi connectivity index (χ1) is 16.9. The minimum Gasteiger partial charge on any atom is -0.318 e. The molecule has 1 amide bonds. The van der Waals surface area contributed by atoms with Crippen molar-refractivity contribution >= 4 is 39.8 Å². The van der Waals surface area contributed by atoms with Crippen LogP contribution in [0.1, 0.15) is 54.3 Å². The lowest BCUT2D eigenvalue weighted by Crippen LogP contribution is -2.35. The van der Waals surface area contributed by atoms with Crippen LogP contribution in [0.4, 0.5) is 0 Å². The molecule has 1 aromatic heterocycles. The topological polar surface area (TPSA) is 73.8 Å². The number of hydrogen-bond acceptors (Lipinski definition) is 4. The highest BCUT2D eigenvalue weighted by molar-refractivity contribution is 8.27. The van der Waals surface area contributed by atoms with Crippen molar-refractivity contribution in [1.82, 2.24) is 9.58 Å². The Bertz CT molecular complexity index is 1410. The molecule has 0 spiro atoms. The molecule has 7 heteroatoms. The van der Waals surface area contributed by atoms with Crippen LogP contribution in [0.5, 0.6) is 0 Å². The first kappa shape index (κ1) is 23.1. The average molecular weight is 482 g/mol. The van der Waals surface area contributed by atoms with Gasteiger partial charge in [-0.3, -0.25) is 10.2 Å². The highest BCUT2D eigenvalue weighted by Gasteiger charge is 2.36.